The van der Waals surface area contributed by atoms with Crippen LogP contribution in [0.5, 0.6) is 0 Å². The molecular weight excluding hydrogens is 223 g/mol. The van der Waals surface area contributed by atoms with Gasteiger partial charge in [-0.25, -0.2) is 9.36 Å². The highest BCUT2D eigenvalue weighted by Gasteiger charge is 2.29. The number of hydrogen-bond donors (Lipinski definition) is 0. The molecule has 0 unspecified atom stereocenters. The van der Waals surface area contributed by atoms with Gasteiger partial charge in [-0.2, -0.15) is 0 Å². The molecule has 0 aromatic rings. The maximum atomic E-state index is 11.6. The van der Waals surface area contributed by atoms with E-state index in [-0.39, 0.29) is 18.8 Å². The van der Waals surface area contributed by atoms with Gasteiger partial charge in [-0.05, 0) is 20.8 Å². The lowest BCUT2D eigenvalue weighted by molar-refractivity contribution is -0.220. The van der Waals surface area contributed by atoms with Crippen molar-refractivity contribution in [3.8, 4) is 0 Å². The molecule has 0 aromatic carbocycles. The fourth-order valence-electron chi connectivity index (χ4n) is 0.547. The third kappa shape index (κ3) is 5.69. The summed E-state index contributed by atoms with van der Waals surface area (Å²) < 4.78 is 25.3. The molecule has 0 fully saturated rings. The summed E-state index contributed by atoms with van der Waals surface area (Å²) in [6.45, 7) is 8.19. The minimum atomic E-state index is -3.80. The van der Waals surface area contributed by atoms with Crippen molar-refractivity contribution in [3.63, 3.8) is 0 Å². The minimum Gasteiger partial charge on any atom is -0.285 e. The Morgan fingerprint density at radius 2 is 1.73 bits per heavy atom. The molecule has 0 N–H and O–H groups in total. The van der Waals surface area contributed by atoms with Crippen molar-refractivity contribution in [2.75, 3.05) is 13.2 Å². The highest BCUT2D eigenvalue weighted by Crippen LogP contribution is 2.49. The molecule has 0 aliphatic rings. The summed E-state index contributed by atoms with van der Waals surface area (Å²) in [5, 5.41) is 0. The maximum Gasteiger partial charge on any atom is 0.511 e. The van der Waals surface area contributed by atoms with Crippen LogP contribution >= 0.6 is 7.82 Å². The van der Waals surface area contributed by atoms with Crippen LogP contribution in [0.4, 0.5) is 0 Å². The normalized spacial score (nSPS) is 11.1. The van der Waals surface area contributed by atoms with Crippen molar-refractivity contribution in [1.29, 1.82) is 0 Å². The molecule has 0 aromatic heterocycles. The summed E-state index contributed by atoms with van der Waals surface area (Å²) in [5.74, 6) is -0.824. The minimum absolute atomic E-state index is 0.113. The van der Waals surface area contributed by atoms with Crippen LogP contribution < -0.4 is 0 Å². The van der Waals surface area contributed by atoms with Crippen molar-refractivity contribution in [2.45, 2.75) is 20.8 Å². The van der Waals surface area contributed by atoms with Gasteiger partial charge in [-0.3, -0.25) is 13.9 Å². The van der Waals surface area contributed by atoms with E-state index in [1.807, 2.05) is 0 Å². The Morgan fingerprint density at radius 3 is 2.07 bits per heavy atom. The first-order valence-corrected chi connectivity index (χ1v) is 5.86. The highest BCUT2D eigenvalue weighted by atomic mass is 31.2. The van der Waals surface area contributed by atoms with Gasteiger partial charge < -0.3 is 0 Å². The Kier molecular flexibility index (Phi) is 6.43. The van der Waals surface area contributed by atoms with E-state index in [2.05, 4.69) is 16.1 Å². The summed E-state index contributed by atoms with van der Waals surface area (Å²) >= 11 is 0. The van der Waals surface area contributed by atoms with Gasteiger partial charge in [0.1, 0.15) is 0 Å². The Labute approximate surface area is 88.7 Å². The second kappa shape index (κ2) is 6.74. The van der Waals surface area contributed by atoms with Gasteiger partial charge in [0, 0.05) is 5.57 Å². The topological polar surface area (TPSA) is 71.1 Å². The third-order valence-corrected chi connectivity index (χ3v) is 2.53. The first kappa shape index (κ1) is 14.3. The standard InChI is InChI=1S/C8H15O6P/c1-5-11-15(10,12-6-2)14-13-8(9)7(3)4/h3,5-6H2,1-2,4H3. The lowest BCUT2D eigenvalue weighted by Crippen LogP contribution is -2.07. The SMILES string of the molecule is C=C(C)C(=O)OOP(=O)(OCC)OCC. The molecule has 0 rings (SSSR count). The lowest BCUT2D eigenvalue weighted by Gasteiger charge is -2.13. The summed E-state index contributed by atoms with van der Waals surface area (Å²) in [6, 6.07) is 0. The van der Waals surface area contributed by atoms with Crippen molar-refractivity contribution < 1.29 is 28.0 Å². The van der Waals surface area contributed by atoms with E-state index >= 15 is 0 Å². The van der Waals surface area contributed by atoms with Crippen LogP contribution in [0.2, 0.25) is 0 Å². The average molecular weight is 238 g/mol. The summed E-state index contributed by atoms with van der Waals surface area (Å²) in [4.78, 5) is 15.1. The quantitative estimate of drug-likeness (QED) is 0.293. The molecule has 0 bridgehead atoms. The molecular formula is C8H15O6P. The Bertz CT molecular complexity index is 264. The molecule has 0 heterocycles. The zero-order chi connectivity index (χ0) is 11.9. The van der Waals surface area contributed by atoms with E-state index in [9.17, 15) is 9.36 Å². The van der Waals surface area contributed by atoms with Crippen molar-refractivity contribution in [2.24, 2.45) is 0 Å². The number of phosphoric ester groups is 1. The smallest absolute Gasteiger partial charge is 0.285 e. The number of rotatable bonds is 7. The number of carbonyl (C=O) groups excluding carboxylic acids is 1. The molecule has 0 saturated carbocycles. The monoisotopic (exact) mass is 238 g/mol. The van der Waals surface area contributed by atoms with E-state index in [4.69, 9.17) is 9.05 Å². The predicted molar refractivity (Wildman–Crippen MR) is 52.8 cm³/mol. The van der Waals surface area contributed by atoms with Crippen LogP contribution in [-0.4, -0.2) is 19.2 Å². The molecule has 7 heteroatoms. The molecule has 0 spiro atoms. The third-order valence-electron chi connectivity index (χ3n) is 1.13. The van der Waals surface area contributed by atoms with Crippen molar-refractivity contribution in [3.05, 3.63) is 12.2 Å². The Balaban J connectivity index is 4.24. The fraction of sp³-hybridized carbons (Fsp3) is 0.625. The largest absolute Gasteiger partial charge is 0.511 e. The lowest BCUT2D eigenvalue weighted by atomic mass is 10.4. The Morgan fingerprint density at radius 1 is 1.27 bits per heavy atom. The number of carbonyl (C=O) groups is 1. The second-order valence-electron chi connectivity index (χ2n) is 2.51. The van der Waals surface area contributed by atoms with E-state index in [1.165, 1.54) is 6.92 Å². The zero-order valence-corrected chi connectivity index (χ0v) is 9.91. The van der Waals surface area contributed by atoms with Crippen LogP contribution in [0, 0.1) is 0 Å². The van der Waals surface area contributed by atoms with Gasteiger partial charge in [-0.1, -0.05) is 11.3 Å². The highest BCUT2D eigenvalue weighted by molar-refractivity contribution is 7.48. The van der Waals surface area contributed by atoms with E-state index in [0.29, 0.717) is 0 Å². The van der Waals surface area contributed by atoms with Crippen molar-refractivity contribution in [1.82, 2.24) is 0 Å². The van der Waals surface area contributed by atoms with E-state index in [1.54, 1.807) is 13.8 Å². The predicted octanol–water partition coefficient (Wildman–Crippen LogP) is 2.22. The fourth-order valence-corrected chi connectivity index (χ4v) is 1.50. The molecule has 0 atom stereocenters. The number of phosphoric acid groups is 1. The van der Waals surface area contributed by atoms with Crippen LogP contribution in [0.15, 0.2) is 12.2 Å². The molecule has 88 valence electrons. The first-order valence-electron chi connectivity index (χ1n) is 4.40. The Hall–Kier alpha value is -0.680. The molecule has 0 aliphatic heterocycles. The van der Waals surface area contributed by atoms with Crippen LogP contribution in [0.25, 0.3) is 0 Å². The average Bonchev–Trinajstić information content (AvgIpc) is 2.15. The van der Waals surface area contributed by atoms with Gasteiger partial charge in [0.2, 0.25) is 0 Å². The van der Waals surface area contributed by atoms with Gasteiger partial charge in [-0.15, -0.1) is 0 Å². The van der Waals surface area contributed by atoms with Crippen LogP contribution in [0.1, 0.15) is 20.8 Å². The molecule has 0 aliphatic carbocycles. The zero-order valence-electron chi connectivity index (χ0n) is 9.02. The molecule has 0 amide bonds. The van der Waals surface area contributed by atoms with Crippen molar-refractivity contribution >= 4 is 13.8 Å². The molecule has 0 radical (unpaired) electrons. The molecule has 6 nitrogen and oxygen atoms in total. The molecule has 0 saturated heterocycles. The van der Waals surface area contributed by atoms with Crippen LogP contribution in [0.3, 0.4) is 0 Å². The second-order valence-corrected chi connectivity index (χ2v) is 4.07. The van der Waals surface area contributed by atoms with E-state index in [0.717, 1.165) is 0 Å². The maximum absolute atomic E-state index is 11.6. The summed E-state index contributed by atoms with van der Waals surface area (Å²) in [7, 11) is -3.80. The van der Waals surface area contributed by atoms with E-state index < -0.39 is 13.8 Å². The van der Waals surface area contributed by atoms with Gasteiger partial charge >= 0.3 is 13.8 Å². The first-order chi connectivity index (χ1) is 6.95. The summed E-state index contributed by atoms with van der Waals surface area (Å²) in [5.41, 5.74) is 0.120. The summed E-state index contributed by atoms with van der Waals surface area (Å²) in [6.07, 6.45) is 0. The van der Waals surface area contributed by atoms with Gasteiger partial charge in [0.25, 0.3) is 0 Å². The van der Waals surface area contributed by atoms with Gasteiger partial charge in [0.15, 0.2) is 0 Å². The molecule has 15 heavy (non-hydrogen) atoms. The van der Waals surface area contributed by atoms with Gasteiger partial charge in [0.05, 0.1) is 13.2 Å². The van der Waals surface area contributed by atoms with Crippen LogP contribution in [-0.2, 0) is 28.0 Å². The number of hydrogen-bond acceptors (Lipinski definition) is 6.